The molecule has 2 aromatic rings. The molecule has 0 saturated carbocycles. The van der Waals surface area contributed by atoms with E-state index in [1.54, 1.807) is 17.7 Å². The summed E-state index contributed by atoms with van der Waals surface area (Å²) in [4.78, 5) is 10.3. The van der Waals surface area contributed by atoms with E-state index in [0.717, 1.165) is 27.1 Å². The maximum absolute atomic E-state index is 10.8. The van der Waals surface area contributed by atoms with Crippen LogP contribution < -0.4 is 0 Å². The smallest absolute Gasteiger partial charge is 0.258 e. The standard InChI is InChI=1S/C12H11BrClN3O2/c1-6-4-11(17(18)19)9(14)5-10(6)16-8(3)12(13)7(2)15-16/h4-5H,1-3H3. The van der Waals surface area contributed by atoms with Gasteiger partial charge in [0.15, 0.2) is 0 Å². The van der Waals surface area contributed by atoms with E-state index in [1.165, 1.54) is 6.07 Å². The first kappa shape index (κ1) is 14.0. The van der Waals surface area contributed by atoms with Crippen LogP contribution in [0.4, 0.5) is 5.69 Å². The minimum absolute atomic E-state index is 0.0940. The SMILES string of the molecule is Cc1cc([N+](=O)[O-])c(Cl)cc1-n1nc(C)c(Br)c1C. The number of rotatable bonds is 2. The summed E-state index contributed by atoms with van der Waals surface area (Å²) < 4.78 is 2.64. The zero-order valence-corrected chi connectivity index (χ0v) is 12.9. The Morgan fingerprint density at radius 1 is 1.37 bits per heavy atom. The van der Waals surface area contributed by atoms with Crippen molar-refractivity contribution < 1.29 is 4.92 Å². The number of aromatic nitrogens is 2. The fourth-order valence-electron chi connectivity index (χ4n) is 1.88. The molecule has 0 amide bonds. The molecule has 19 heavy (non-hydrogen) atoms. The van der Waals surface area contributed by atoms with Gasteiger partial charge in [0.05, 0.1) is 26.5 Å². The Labute approximate surface area is 123 Å². The van der Waals surface area contributed by atoms with Gasteiger partial charge in [-0.3, -0.25) is 10.1 Å². The van der Waals surface area contributed by atoms with Crippen molar-refractivity contribution in [3.8, 4) is 5.69 Å². The average molecular weight is 345 g/mol. The fraction of sp³-hybridized carbons (Fsp3) is 0.250. The molecule has 0 bridgehead atoms. The first-order valence-corrected chi connectivity index (χ1v) is 6.66. The zero-order valence-electron chi connectivity index (χ0n) is 10.6. The van der Waals surface area contributed by atoms with Crippen molar-refractivity contribution in [3.63, 3.8) is 0 Å². The van der Waals surface area contributed by atoms with E-state index in [9.17, 15) is 10.1 Å². The summed E-state index contributed by atoms with van der Waals surface area (Å²) in [5, 5.41) is 15.3. The number of aryl methyl sites for hydroxylation is 2. The summed E-state index contributed by atoms with van der Waals surface area (Å²) in [5.74, 6) is 0. The van der Waals surface area contributed by atoms with Gasteiger partial charge < -0.3 is 0 Å². The number of hydrogen-bond donors (Lipinski definition) is 0. The minimum Gasteiger partial charge on any atom is -0.258 e. The highest BCUT2D eigenvalue weighted by molar-refractivity contribution is 9.10. The molecular weight excluding hydrogens is 334 g/mol. The highest BCUT2D eigenvalue weighted by Crippen LogP contribution is 2.31. The first-order valence-electron chi connectivity index (χ1n) is 5.49. The summed E-state index contributed by atoms with van der Waals surface area (Å²) in [6.45, 7) is 5.60. The van der Waals surface area contributed by atoms with Gasteiger partial charge in [0.2, 0.25) is 0 Å². The molecule has 1 heterocycles. The van der Waals surface area contributed by atoms with Crippen LogP contribution in [-0.4, -0.2) is 14.7 Å². The topological polar surface area (TPSA) is 61.0 Å². The summed E-state index contributed by atoms with van der Waals surface area (Å²) in [6.07, 6.45) is 0. The van der Waals surface area contributed by atoms with Crippen LogP contribution in [0, 0.1) is 30.9 Å². The predicted octanol–water partition coefficient (Wildman–Crippen LogP) is 4.12. The number of nitro groups is 1. The third-order valence-electron chi connectivity index (χ3n) is 2.89. The molecule has 100 valence electrons. The van der Waals surface area contributed by atoms with E-state index < -0.39 is 4.92 Å². The van der Waals surface area contributed by atoms with E-state index >= 15 is 0 Å². The Morgan fingerprint density at radius 3 is 2.47 bits per heavy atom. The van der Waals surface area contributed by atoms with E-state index in [4.69, 9.17) is 11.6 Å². The average Bonchev–Trinajstić information content (AvgIpc) is 2.59. The van der Waals surface area contributed by atoms with Gasteiger partial charge in [-0.05, 0) is 48.3 Å². The van der Waals surface area contributed by atoms with E-state index in [2.05, 4.69) is 21.0 Å². The maximum atomic E-state index is 10.8. The molecule has 0 unspecified atom stereocenters. The van der Waals surface area contributed by atoms with Crippen molar-refractivity contribution in [2.24, 2.45) is 0 Å². The molecule has 5 nitrogen and oxygen atoms in total. The first-order chi connectivity index (χ1) is 8.82. The number of nitrogens with zero attached hydrogens (tertiary/aromatic N) is 3. The lowest BCUT2D eigenvalue weighted by Crippen LogP contribution is -2.03. The van der Waals surface area contributed by atoms with Crippen molar-refractivity contribution in [3.05, 3.63) is 48.7 Å². The molecule has 0 aliphatic heterocycles. The van der Waals surface area contributed by atoms with Crippen molar-refractivity contribution in [2.45, 2.75) is 20.8 Å². The number of hydrogen-bond acceptors (Lipinski definition) is 3. The Hall–Kier alpha value is -1.40. The van der Waals surface area contributed by atoms with Crippen LogP contribution in [-0.2, 0) is 0 Å². The second kappa shape index (κ2) is 4.94. The molecule has 0 saturated heterocycles. The zero-order chi connectivity index (χ0) is 14.3. The van der Waals surface area contributed by atoms with Crippen LogP contribution >= 0.6 is 27.5 Å². The molecule has 0 aliphatic rings. The van der Waals surface area contributed by atoms with E-state index in [0.29, 0.717) is 0 Å². The molecule has 0 radical (unpaired) electrons. The number of nitro benzene ring substituents is 1. The normalized spacial score (nSPS) is 10.8. The molecule has 0 atom stereocenters. The van der Waals surface area contributed by atoms with Crippen molar-refractivity contribution >= 4 is 33.2 Å². The van der Waals surface area contributed by atoms with Crippen LogP contribution in [0.15, 0.2) is 16.6 Å². The lowest BCUT2D eigenvalue weighted by molar-refractivity contribution is -0.384. The molecule has 0 fully saturated rings. The van der Waals surface area contributed by atoms with Gasteiger partial charge in [-0.2, -0.15) is 5.10 Å². The summed E-state index contributed by atoms with van der Waals surface area (Å²) in [6, 6.07) is 3.03. The predicted molar refractivity (Wildman–Crippen MR) is 77.1 cm³/mol. The molecule has 0 spiro atoms. The maximum Gasteiger partial charge on any atom is 0.288 e. The minimum atomic E-state index is -0.490. The molecular formula is C12H11BrClN3O2. The third kappa shape index (κ3) is 2.37. The van der Waals surface area contributed by atoms with Gasteiger partial charge in [0.1, 0.15) is 5.02 Å². The van der Waals surface area contributed by atoms with Crippen molar-refractivity contribution in [1.29, 1.82) is 0 Å². The van der Waals surface area contributed by atoms with Gasteiger partial charge in [-0.1, -0.05) is 11.6 Å². The summed E-state index contributed by atoms with van der Waals surface area (Å²) in [7, 11) is 0. The van der Waals surface area contributed by atoms with E-state index in [-0.39, 0.29) is 10.7 Å². The Morgan fingerprint density at radius 2 is 2.00 bits per heavy atom. The molecule has 0 aliphatic carbocycles. The number of halogens is 2. The summed E-state index contributed by atoms with van der Waals surface area (Å²) >= 11 is 9.40. The Bertz CT molecular complexity index is 682. The van der Waals surface area contributed by atoms with Gasteiger partial charge in [0, 0.05) is 6.07 Å². The molecule has 0 N–H and O–H groups in total. The lowest BCUT2D eigenvalue weighted by Gasteiger charge is -2.09. The molecule has 2 rings (SSSR count). The quantitative estimate of drug-likeness (QED) is 0.608. The third-order valence-corrected chi connectivity index (χ3v) is 4.34. The van der Waals surface area contributed by atoms with Crippen LogP contribution in [0.2, 0.25) is 5.02 Å². The largest absolute Gasteiger partial charge is 0.288 e. The van der Waals surface area contributed by atoms with Gasteiger partial charge in [-0.25, -0.2) is 4.68 Å². The highest BCUT2D eigenvalue weighted by Gasteiger charge is 2.18. The second-order valence-electron chi connectivity index (χ2n) is 4.24. The van der Waals surface area contributed by atoms with Crippen LogP contribution in [0.3, 0.4) is 0 Å². The van der Waals surface area contributed by atoms with Gasteiger partial charge >= 0.3 is 0 Å². The Kier molecular flexibility index (Phi) is 3.64. The highest BCUT2D eigenvalue weighted by atomic mass is 79.9. The number of benzene rings is 1. The molecule has 1 aromatic heterocycles. The Balaban J connectivity index is 2.67. The van der Waals surface area contributed by atoms with Crippen LogP contribution in [0.25, 0.3) is 5.69 Å². The summed E-state index contributed by atoms with van der Waals surface area (Å²) in [5.41, 5.74) is 3.16. The van der Waals surface area contributed by atoms with Crippen LogP contribution in [0.5, 0.6) is 0 Å². The van der Waals surface area contributed by atoms with Crippen molar-refractivity contribution in [2.75, 3.05) is 0 Å². The van der Waals surface area contributed by atoms with E-state index in [1.807, 2.05) is 13.8 Å². The fourth-order valence-corrected chi connectivity index (χ4v) is 2.36. The second-order valence-corrected chi connectivity index (χ2v) is 5.44. The molecule has 7 heteroatoms. The monoisotopic (exact) mass is 343 g/mol. The van der Waals surface area contributed by atoms with Gasteiger partial charge in [-0.15, -0.1) is 0 Å². The van der Waals surface area contributed by atoms with Crippen LogP contribution in [0.1, 0.15) is 17.0 Å². The molecule has 1 aromatic carbocycles. The van der Waals surface area contributed by atoms with Crippen molar-refractivity contribution in [1.82, 2.24) is 9.78 Å². The van der Waals surface area contributed by atoms with Gasteiger partial charge in [0.25, 0.3) is 5.69 Å². The lowest BCUT2D eigenvalue weighted by atomic mass is 10.1.